The Hall–Kier alpha value is -0.810. The molecule has 3 aliphatic rings. The molecule has 5 nitrogen and oxygen atoms in total. The van der Waals surface area contributed by atoms with Crippen LogP contribution in [-0.4, -0.2) is 48.9 Å². The van der Waals surface area contributed by atoms with Gasteiger partial charge in [-0.15, -0.1) is 12.4 Å². The summed E-state index contributed by atoms with van der Waals surface area (Å²) in [6.45, 7) is 5.52. The highest BCUT2D eigenvalue weighted by molar-refractivity contribution is 5.85. The molecule has 0 aromatic heterocycles. The average molecular weight is 358 g/mol. The molecule has 0 aromatic carbocycles. The van der Waals surface area contributed by atoms with Gasteiger partial charge in [0.1, 0.15) is 0 Å². The summed E-state index contributed by atoms with van der Waals surface area (Å²) in [6, 6.07) is -0.00494. The monoisotopic (exact) mass is 357 g/mol. The van der Waals surface area contributed by atoms with Gasteiger partial charge in [0, 0.05) is 25.0 Å². The van der Waals surface area contributed by atoms with E-state index >= 15 is 0 Å². The van der Waals surface area contributed by atoms with Crippen LogP contribution in [0.15, 0.2) is 0 Å². The van der Waals surface area contributed by atoms with E-state index in [2.05, 4.69) is 22.5 Å². The van der Waals surface area contributed by atoms with Crippen molar-refractivity contribution in [3.63, 3.8) is 0 Å². The van der Waals surface area contributed by atoms with Crippen LogP contribution in [0.2, 0.25) is 0 Å². The Morgan fingerprint density at radius 1 is 1.21 bits per heavy atom. The molecule has 0 radical (unpaired) electrons. The molecule has 24 heavy (non-hydrogen) atoms. The smallest absolute Gasteiger partial charge is 0.237 e. The molecule has 2 N–H and O–H groups in total. The van der Waals surface area contributed by atoms with Crippen molar-refractivity contribution in [3.8, 4) is 0 Å². The number of nitrogens with zero attached hydrogens (tertiary/aromatic N) is 1. The van der Waals surface area contributed by atoms with Crippen LogP contribution in [0.1, 0.15) is 58.3 Å². The van der Waals surface area contributed by atoms with Crippen LogP contribution in [0.4, 0.5) is 0 Å². The first kappa shape index (κ1) is 19.5. The highest BCUT2D eigenvalue weighted by Crippen LogP contribution is 2.45. The van der Waals surface area contributed by atoms with Gasteiger partial charge in [0.2, 0.25) is 11.8 Å². The molecule has 3 fully saturated rings. The van der Waals surface area contributed by atoms with E-state index in [-0.39, 0.29) is 29.8 Å². The van der Waals surface area contributed by atoms with Crippen LogP contribution in [-0.2, 0) is 9.59 Å². The Labute approximate surface area is 151 Å². The van der Waals surface area contributed by atoms with Crippen LogP contribution < -0.4 is 10.6 Å². The fourth-order valence-corrected chi connectivity index (χ4v) is 4.35. The van der Waals surface area contributed by atoms with E-state index in [1.807, 2.05) is 0 Å². The van der Waals surface area contributed by atoms with Crippen LogP contribution in [0.25, 0.3) is 0 Å². The third kappa shape index (κ3) is 4.05. The zero-order valence-corrected chi connectivity index (χ0v) is 15.6. The predicted molar refractivity (Wildman–Crippen MR) is 97.2 cm³/mol. The largest absolute Gasteiger partial charge is 0.354 e. The number of nitrogens with one attached hydrogen (secondary N) is 2. The van der Waals surface area contributed by atoms with Crippen LogP contribution in [0.5, 0.6) is 0 Å². The Balaban J connectivity index is 0.00000208. The van der Waals surface area contributed by atoms with Crippen LogP contribution in [0, 0.1) is 11.3 Å². The summed E-state index contributed by atoms with van der Waals surface area (Å²) < 4.78 is 0. The highest BCUT2D eigenvalue weighted by Gasteiger charge is 2.45. The van der Waals surface area contributed by atoms with E-state index in [1.54, 1.807) is 0 Å². The molecule has 1 saturated carbocycles. The number of halogens is 1. The number of hydrogen-bond donors (Lipinski definition) is 2. The summed E-state index contributed by atoms with van der Waals surface area (Å²) in [5, 5.41) is 6.33. The molecule has 0 bridgehead atoms. The summed E-state index contributed by atoms with van der Waals surface area (Å²) in [4.78, 5) is 27.0. The summed E-state index contributed by atoms with van der Waals surface area (Å²) >= 11 is 0. The Kier molecular flexibility index (Phi) is 6.93. The highest BCUT2D eigenvalue weighted by atomic mass is 35.5. The molecule has 2 amide bonds. The normalized spacial score (nSPS) is 28.6. The van der Waals surface area contributed by atoms with E-state index in [4.69, 9.17) is 0 Å². The van der Waals surface area contributed by atoms with Crippen LogP contribution in [0.3, 0.4) is 0 Å². The zero-order valence-electron chi connectivity index (χ0n) is 14.8. The van der Waals surface area contributed by atoms with E-state index in [0.29, 0.717) is 18.4 Å². The van der Waals surface area contributed by atoms with Gasteiger partial charge in [0.05, 0.1) is 6.04 Å². The number of piperidine rings is 1. The Morgan fingerprint density at radius 2 is 2.00 bits per heavy atom. The van der Waals surface area contributed by atoms with Gasteiger partial charge in [0.15, 0.2) is 0 Å². The van der Waals surface area contributed by atoms with Gasteiger partial charge in [-0.25, -0.2) is 0 Å². The van der Waals surface area contributed by atoms with Crippen molar-refractivity contribution in [2.24, 2.45) is 11.3 Å². The Bertz CT molecular complexity index is 442. The summed E-state index contributed by atoms with van der Waals surface area (Å²) in [5.41, 5.74) is -0.0566. The molecule has 3 rings (SSSR count). The lowest BCUT2D eigenvalue weighted by molar-refractivity contribution is -0.149. The molecule has 2 unspecified atom stereocenters. The van der Waals surface area contributed by atoms with Gasteiger partial charge >= 0.3 is 0 Å². The molecule has 2 atom stereocenters. The molecular formula is C18H32ClN3O2. The molecule has 1 aliphatic carbocycles. The lowest BCUT2D eigenvalue weighted by Crippen LogP contribution is -2.52. The number of rotatable bonds is 5. The van der Waals surface area contributed by atoms with Gasteiger partial charge in [-0.1, -0.05) is 13.3 Å². The molecular weight excluding hydrogens is 326 g/mol. The lowest BCUT2D eigenvalue weighted by Gasteiger charge is -2.45. The molecule has 2 heterocycles. The first-order valence-electron chi connectivity index (χ1n) is 9.45. The summed E-state index contributed by atoms with van der Waals surface area (Å²) in [7, 11) is 0. The van der Waals surface area contributed by atoms with E-state index < -0.39 is 0 Å². The van der Waals surface area contributed by atoms with Crippen molar-refractivity contribution in [2.75, 3.05) is 26.2 Å². The van der Waals surface area contributed by atoms with Crippen molar-refractivity contribution in [2.45, 2.75) is 64.3 Å². The number of hydrogen-bond acceptors (Lipinski definition) is 3. The van der Waals surface area contributed by atoms with E-state index in [1.165, 1.54) is 6.42 Å². The van der Waals surface area contributed by atoms with Gasteiger partial charge in [-0.05, 0) is 57.4 Å². The first-order valence-corrected chi connectivity index (χ1v) is 9.45. The molecule has 2 saturated heterocycles. The minimum absolute atomic E-state index is 0. The van der Waals surface area contributed by atoms with Crippen molar-refractivity contribution in [3.05, 3.63) is 0 Å². The maximum atomic E-state index is 12.9. The SMILES string of the molecule is CCC1(C(=O)N2CCCC(CNC(=O)C3CCCN3)C2)CCC1.Cl. The van der Waals surface area contributed by atoms with Crippen molar-refractivity contribution in [1.82, 2.24) is 15.5 Å². The van der Waals surface area contributed by atoms with E-state index in [9.17, 15) is 9.59 Å². The predicted octanol–water partition coefficient (Wildman–Crippen LogP) is 2.10. The maximum absolute atomic E-state index is 12.9. The number of carbonyl (C=O) groups is 2. The zero-order chi connectivity index (χ0) is 16.3. The minimum atomic E-state index is -0.0566. The van der Waals surface area contributed by atoms with Gasteiger partial charge in [-0.3, -0.25) is 9.59 Å². The van der Waals surface area contributed by atoms with Crippen molar-refractivity contribution in [1.29, 1.82) is 0 Å². The lowest BCUT2D eigenvalue weighted by atomic mass is 9.66. The fourth-order valence-electron chi connectivity index (χ4n) is 4.35. The number of likely N-dealkylation sites (tertiary alicyclic amines) is 1. The minimum Gasteiger partial charge on any atom is -0.354 e. The average Bonchev–Trinajstić information content (AvgIpc) is 3.07. The topological polar surface area (TPSA) is 61.4 Å². The second-order valence-corrected chi connectivity index (χ2v) is 7.64. The molecule has 6 heteroatoms. The first-order chi connectivity index (χ1) is 11.1. The molecule has 0 aromatic rings. The summed E-state index contributed by atoms with van der Waals surface area (Å²) in [5.74, 6) is 0.918. The third-order valence-electron chi connectivity index (χ3n) is 6.19. The maximum Gasteiger partial charge on any atom is 0.237 e. The molecule has 2 aliphatic heterocycles. The Morgan fingerprint density at radius 3 is 2.58 bits per heavy atom. The van der Waals surface area contributed by atoms with Gasteiger partial charge in [0.25, 0.3) is 0 Å². The molecule has 0 spiro atoms. The molecule has 138 valence electrons. The summed E-state index contributed by atoms with van der Waals surface area (Å²) in [6.07, 6.45) is 8.50. The van der Waals surface area contributed by atoms with Crippen molar-refractivity contribution < 1.29 is 9.59 Å². The van der Waals surface area contributed by atoms with E-state index in [0.717, 1.165) is 64.6 Å². The van der Waals surface area contributed by atoms with Crippen molar-refractivity contribution >= 4 is 24.2 Å². The van der Waals surface area contributed by atoms with Gasteiger partial charge in [-0.2, -0.15) is 0 Å². The third-order valence-corrected chi connectivity index (χ3v) is 6.19. The number of carbonyl (C=O) groups excluding carboxylic acids is 2. The number of amides is 2. The second kappa shape index (κ2) is 8.52. The second-order valence-electron chi connectivity index (χ2n) is 7.64. The standard InChI is InChI=1S/C18H31N3O2.ClH/c1-2-18(8-5-9-18)17(23)21-11-4-6-14(13-21)12-20-16(22)15-7-3-10-19-15;/h14-15,19H,2-13H2,1H3,(H,20,22);1H. The van der Waals surface area contributed by atoms with Crippen LogP contribution >= 0.6 is 12.4 Å². The quantitative estimate of drug-likeness (QED) is 0.792. The fraction of sp³-hybridized carbons (Fsp3) is 0.889. The van der Waals surface area contributed by atoms with Gasteiger partial charge < -0.3 is 15.5 Å².